The lowest BCUT2D eigenvalue weighted by Crippen LogP contribution is -2.59. The van der Waals surface area contributed by atoms with Gasteiger partial charge in [-0.3, -0.25) is 19.0 Å². The predicted octanol–water partition coefficient (Wildman–Crippen LogP) is 1.96. The molecule has 0 saturated heterocycles. The minimum atomic E-state index is -5.07. The van der Waals surface area contributed by atoms with E-state index in [4.69, 9.17) is 0 Å². The molecule has 1 aliphatic carbocycles. The van der Waals surface area contributed by atoms with E-state index in [1.807, 2.05) is 6.92 Å². The highest BCUT2D eigenvalue weighted by Gasteiger charge is 2.42. The number of amides is 2. The fourth-order valence-electron chi connectivity index (χ4n) is 6.67. The Balaban J connectivity index is 2.08. The summed E-state index contributed by atoms with van der Waals surface area (Å²) in [4.78, 5) is 36.2. The van der Waals surface area contributed by atoms with Crippen LogP contribution in [0.2, 0.25) is 0 Å². The number of unbranched alkanes of at least 4 members (excludes halogenated alkanes) is 1. The molecule has 0 bridgehead atoms. The molecule has 1 fully saturated rings. The second-order valence-corrected chi connectivity index (χ2v) is 21.6. The highest BCUT2D eigenvalue weighted by molar-refractivity contribution is 7.92. The van der Waals surface area contributed by atoms with Gasteiger partial charge in [0.05, 0.1) is 46.7 Å². The third kappa shape index (κ3) is 15.2. The summed E-state index contributed by atoms with van der Waals surface area (Å²) < 4.78 is 88.6. The van der Waals surface area contributed by atoms with Gasteiger partial charge in [-0.2, -0.15) is 8.42 Å². The van der Waals surface area contributed by atoms with Crippen LogP contribution < -0.4 is 10.0 Å². The maximum Gasteiger partial charge on any atom is 0.283 e. The first-order chi connectivity index (χ1) is 25.6. The van der Waals surface area contributed by atoms with Crippen molar-refractivity contribution in [3.63, 3.8) is 0 Å². The third-order valence-corrected chi connectivity index (χ3v) is 14.6. The van der Waals surface area contributed by atoms with Crippen molar-refractivity contribution in [2.75, 3.05) is 23.9 Å². The Kier molecular flexibility index (Phi) is 17.4. The first-order valence-corrected chi connectivity index (χ1v) is 23.7. The molecule has 55 heavy (non-hydrogen) atoms. The van der Waals surface area contributed by atoms with Crippen LogP contribution in [0.3, 0.4) is 0 Å². The number of benzene rings is 1. The van der Waals surface area contributed by atoms with E-state index in [9.17, 15) is 49.6 Å². The van der Waals surface area contributed by atoms with Crippen molar-refractivity contribution in [1.82, 2.24) is 24.9 Å². The summed E-state index contributed by atoms with van der Waals surface area (Å²) in [5.41, 5.74) is 0.899. The van der Waals surface area contributed by atoms with Crippen LogP contribution in [-0.2, 0) is 52.4 Å². The van der Waals surface area contributed by atoms with Crippen molar-refractivity contribution in [2.24, 2.45) is 11.8 Å². The molecule has 5 atom stereocenters. The molecule has 1 unspecified atom stereocenters. The number of aliphatic hydroxyl groups is 2. The van der Waals surface area contributed by atoms with E-state index in [1.165, 1.54) is 33.3 Å². The Labute approximate surface area is 326 Å². The van der Waals surface area contributed by atoms with Gasteiger partial charge in [-0.15, -0.1) is 0 Å². The second-order valence-electron chi connectivity index (χ2n) is 15.5. The molecule has 1 aromatic carbocycles. The molecule has 19 heteroatoms. The number of carbonyl (C=O) groups excluding carboxylic acids is 2. The van der Waals surface area contributed by atoms with Crippen molar-refractivity contribution in [1.29, 1.82) is 0 Å². The fraction of sp³-hybridized carbons (Fsp3) is 0.694. The maximum atomic E-state index is 14.6. The number of aromatic amines is 1. The van der Waals surface area contributed by atoms with Gasteiger partial charge in [0, 0.05) is 30.9 Å². The molecule has 0 radical (unpaired) electrons. The zero-order chi connectivity index (χ0) is 41.0. The normalized spacial score (nSPS) is 17.6. The van der Waals surface area contributed by atoms with Crippen molar-refractivity contribution < 1.29 is 49.6 Å². The largest absolute Gasteiger partial charge is 0.389 e. The molecule has 1 saturated carbocycles. The van der Waals surface area contributed by atoms with Crippen LogP contribution in [0.25, 0.3) is 0 Å². The molecule has 2 aromatic rings. The van der Waals surface area contributed by atoms with E-state index in [-0.39, 0.29) is 31.7 Å². The number of imidazole rings is 1. The van der Waals surface area contributed by atoms with Crippen LogP contribution in [-0.4, -0.2) is 120 Å². The molecule has 2 amide bonds. The number of carbonyl (C=O) groups is 2. The minimum absolute atomic E-state index is 0.0173. The molecule has 0 aliphatic heterocycles. The fourth-order valence-corrected chi connectivity index (χ4v) is 9.76. The van der Waals surface area contributed by atoms with E-state index in [0.717, 1.165) is 38.5 Å². The van der Waals surface area contributed by atoms with Crippen molar-refractivity contribution in [3.8, 4) is 0 Å². The predicted molar refractivity (Wildman–Crippen MR) is 208 cm³/mol. The van der Waals surface area contributed by atoms with Gasteiger partial charge >= 0.3 is 0 Å². The lowest BCUT2D eigenvalue weighted by Gasteiger charge is -2.36. The van der Waals surface area contributed by atoms with Crippen LogP contribution in [0.1, 0.15) is 90.3 Å². The van der Waals surface area contributed by atoms with Gasteiger partial charge in [-0.05, 0) is 51.5 Å². The summed E-state index contributed by atoms with van der Waals surface area (Å²) in [5, 5.41) is 25.7. The molecule has 3 rings (SSSR count). The first kappa shape index (κ1) is 46.6. The SMILES string of the molecule is CCCCNS(=O)(=O)C[C@H](O)[C@H](O)[C@H](CC1CCCCC1)N[C@@H](Cc1cnc[nH]1)C(=O)N(CS(=O)(=O)O)C(=O)C(Cc1ccccc1)CS(=O)(=O)C(C)(C)C. The summed E-state index contributed by atoms with van der Waals surface area (Å²) in [6.45, 7) is 6.40. The van der Waals surface area contributed by atoms with E-state index < -0.39 is 94.1 Å². The van der Waals surface area contributed by atoms with Gasteiger partial charge in [0.15, 0.2) is 15.7 Å². The zero-order valence-corrected chi connectivity index (χ0v) is 34.6. The third-order valence-electron chi connectivity index (χ3n) is 9.91. The van der Waals surface area contributed by atoms with Gasteiger partial charge in [-0.25, -0.2) is 26.5 Å². The molecule has 1 heterocycles. The number of aliphatic hydroxyl groups excluding tert-OH is 2. The minimum Gasteiger partial charge on any atom is -0.389 e. The van der Waals surface area contributed by atoms with Crippen LogP contribution in [0, 0.1) is 11.8 Å². The van der Waals surface area contributed by atoms with Gasteiger partial charge in [0.2, 0.25) is 21.8 Å². The number of nitrogens with one attached hydrogen (secondary N) is 3. The molecule has 1 aromatic heterocycles. The number of hydrogen-bond donors (Lipinski definition) is 6. The van der Waals surface area contributed by atoms with Gasteiger partial charge in [0.1, 0.15) is 0 Å². The van der Waals surface area contributed by atoms with Crippen LogP contribution in [0.15, 0.2) is 42.9 Å². The number of sulfone groups is 1. The Hall–Kier alpha value is -2.78. The molecule has 0 spiro atoms. The lowest BCUT2D eigenvalue weighted by molar-refractivity contribution is -0.147. The van der Waals surface area contributed by atoms with Gasteiger partial charge in [0.25, 0.3) is 10.1 Å². The Morgan fingerprint density at radius 3 is 2.18 bits per heavy atom. The molecule has 16 nitrogen and oxygen atoms in total. The quantitative estimate of drug-likeness (QED) is 0.0734. The topological polar surface area (TPSA) is 253 Å². The second kappa shape index (κ2) is 20.6. The zero-order valence-electron chi connectivity index (χ0n) is 32.1. The standard InChI is InChI=1S/C36H59N5O11S3/c1-5-6-17-39-54(48,49)23-32(42)33(43)30(19-27-15-11-8-12-16-27)40-31(20-29-21-37-24-38-29)35(45)41(25-55(50,51)52)34(44)28(18-26-13-9-7-10-14-26)22-53(46,47)36(2,3)4/h7,9-10,13-14,21,24,27-28,30-33,39-40,42-43H,5-6,8,11-12,15-20,22-23,25H2,1-4H3,(H,37,38)(H,50,51,52)/t28?,30-,31-,32-,33+/m0/s1. The summed E-state index contributed by atoms with van der Waals surface area (Å²) in [5.74, 6) is -6.83. The number of hydrogen-bond acceptors (Lipinski definition) is 12. The van der Waals surface area contributed by atoms with E-state index in [2.05, 4.69) is 20.0 Å². The summed E-state index contributed by atoms with van der Waals surface area (Å²) in [6.07, 6.45) is 4.58. The number of nitrogens with zero attached hydrogens (tertiary/aromatic N) is 2. The van der Waals surface area contributed by atoms with Crippen molar-refractivity contribution in [3.05, 3.63) is 54.1 Å². The molecule has 312 valence electrons. The monoisotopic (exact) mass is 833 g/mol. The Morgan fingerprint density at radius 1 is 0.964 bits per heavy atom. The number of rotatable bonds is 22. The smallest absolute Gasteiger partial charge is 0.283 e. The average Bonchev–Trinajstić information content (AvgIpc) is 3.62. The van der Waals surface area contributed by atoms with Crippen molar-refractivity contribution in [2.45, 2.75) is 121 Å². The van der Waals surface area contributed by atoms with E-state index in [0.29, 0.717) is 22.6 Å². The van der Waals surface area contributed by atoms with Crippen molar-refractivity contribution >= 4 is 41.8 Å². The first-order valence-electron chi connectivity index (χ1n) is 18.8. The number of aromatic nitrogens is 2. The highest BCUT2D eigenvalue weighted by Crippen LogP contribution is 2.29. The Morgan fingerprint density at radius 2 is 1.62 bits per heavy atom. The van der Waals surface area contributed by atoms with Gasteiger partial charge in [-0.1, -0.05) is 75.8 Å². The van der Waals surface area contributed by atoms with Crippen LogP contribution in [0.4, 0.5) is 0 Å². The van der Waals surface area contributed by atoms with Crippen LogP contribution >= 0.6 is 0 Å². The molecular formula is C36H59N5O11S3. The number of imide groups is 1. The van der Waals surface area contributed by atoms with E-state index >= 15 is 0 Å². The number of H-pyrrole nitrogens is 1. The highest BCUT2D eigenvalue weighted by atomic mass is 32.2. The lowest BCUT2D eigenvalue weighted by atomic mass is 9.83. The molecule has 6 N–H and O–H groups in total. The summed E-state index contributed by atoms with van der Waals surface area (Å²) >= 11 is 0. The van der Waals surface area contributed by atoms with E-state index in [1.54, 1.807) is 30.3 Å². The average molecular weight is 834 g/mol. The van der Waals surface area contributed by atoms with Crippen LogP contribution in [0.5, 0.6) is 0 Å². The number of sulfonamides is 1. The molecular weight excluding hydrogens is 775 g/mol. The summed E-state index contributed by atoms with van der Waals surface area (Å²) in [7, 11) is -13.1. The summed E-state index contributed by atoms with van der Waals surface area (Å²) in [6, 6.07) is 5.74. The Bertz CT molecular complexity index is 1830. The maximum absolute atomic E-state index is 14.6. The van der Waals surface area contributed by atoms with Gasteiger partial charge < -0.3 is 20.5 Å². The molecule has 1 aliphatic rings.